The highest BCUT2D eigenvalue weighted by molar-refractivity contribution is 6.30. The summed E-state index contributed by atoms with van der Waals surface area (Å²) in [4.78, 5) is 23.1. The van der Waals surface area contributed by atoms with Crippen molar-refractivity contribution < 1.29 is 19.1 Å². The van der Waals surface area contributed by atoms with Gasteiger partial charge in [-0.15, -0.1) is 0 Å². The average molecular weight is 314 g/mol. The van der Waals surface area contributed by atoms with Gasteiger partial charge in [0, 0.05) is 12.1 Å². The maximum absolute atomic E-state index is 13.3. The van der Waals surface area contributed by atoms with Crippen LogP contribution in [0.4, 0.5) is 10.1 Å². The van der Waals surface area contributed by atoms with Crippen LogP contribution in [0.3, 0.4) is 0 Å². The van der Waals surface area contributed by atoms with Crippen molar-refractivity contribution >= 4 is 29.2 Å². The molecule has 0 spiro atoms. The number of halogens is 2. The number of carbonyl (C=O) groups is 2. The van der Waals surface area contributed by atoms with Crippen LogP contribution in [0.15, 0.2) is 18.2 Å². The molecule has 6 heteroatoms. The van der Waals surface area contributed by atoms with Crippen LogP contribution in [0.2, 0.25) is 5.02 Å². The summed E-state index contributed by atoms with van der Waals surface area (Å²) >= 11 is 5.58. The number of carbonyl (C=O) groups excluding carboxylic acids is 1. The zero-order valence-corrected chi connectivity index (χ0v) is 12.3. The van der Waals surface area contributed by atoms with Gasteiger partial charge in [0.25, 0.3) is 0 Å². The topological polar surface area (TPSA) is 66.4 Å². The standard InChI is InChI=1S/C15H17ClFNO3/c16-11-4-3-10(7-12(11)17)18-13(19)8-15(9-14(20)21)5-1-2-6-15/h3-4,7H,1-2,5-6,8-9H2,(H,18,19)(H,20,21). The Labute approximate surface area is 127 Å². The van der Waals surface area contributed by atoms with Gasteiger partial charge in [0.05, 0.1) is 11.4 Å². The summed E-state index contributed by atoms with van der Waals surface area (Å²) in [5.74, 6) is -1.78. The number of anilines is 1. The van der Waals surface area contributed by atoms with Crippen LogP contribution in [0, 0.1) is 11.2 Å². The number of carboxylic acids is 1. The molecular weight excluding hydrogens is 297 g/mol. The fraction of sp³-hybridized carbons (Fsp3) is 0.467. The molecule has 1 saturated carbocycles. The Balaban J connectivity index is 2.02. The van der Waals surface area contributed by atoms with E-state index in [1.165, 1.54) is 12.1 Å². The van der Waals surface area contributed by atoms with E-state index in [2.05, 4.69) is 5.32 Å². The van der Waals surface area contributed by atoms with E-state index in [0.29, 0.717) is 5.69 Å². The van der Waals surface area contributed by atoms with Crippen molar-refractivity contribution in [2.75, 3.05) is 5.32 Å². The summed E-state index contributed by atoms with van der Waals surface area (Å²) in [7, 11) is 0. The summed E-state index contributed by atoms with van der Waals surface area (Å²) in [6, 6.07) is 4.04. The molecule has 0 bridgehead atoms. The van der Waals surface area contributed by atoms with Gasteiger partial charge in [-0.1, -0.05) is 24.4 Å². The maximum atomic E-state index is 13.3. The highest BCUT2D eigenvalue weighted by Gasteiger charge is 2.37. The van der Waals surface area contributed by atoms with Crippen molar-refractivity contribution in [1.29, 1.82) is 0 Å². The summed E-state index contributed by atoms with van der Waals surface area (Å²) in [6.45, 7) is 0. The smallest absolute Gasteiger partial charge is 0.303 e. The first-order valence-corrected chi connectivity index (χ1v) is 7.25. The fourth-order valence-electron chi connectivity index (χ4n) is 2.98. The van der Waals surface area contributed by atoms with Gasteiger partial charge in [0.2, 0.25) is 5.91 Å². The minimum absolute atomic E-state index is 0.00456. The molecule has 0 atom stereocenters. The first kappa shape index (κ1) is 15.8. The maximum Gasteiger partial charge on any atom is 0.303 e. The minimum Gasteiger partial charge on any atom is -0.481 e. The SMILES string of the molecule is O=C(O)CC1(CC(=O)Nc2ccc(Cl)c(F)c2)CCCC1. The molecular formula is C15H17ClFNO3. The number of benzene rings is 1. The van der Waals surface area contributed by atoms with E-state index >= 15 is 0 Å². The van der Waals surface area contributed by atoms with E-state index in [9.17, 15) is 14.0 Å². The number of carboxylic acid groups (broad SMARTS) is 1. The summed E-state index contributed by atoms with van der Waals surface area (Å²) in [6.07, 6.45) is 3.49. The minimum atomic E-state index is -0.887. The van der Waals surface area contributed by atoms with Gasteiger partial charge in [-0.2, -0.15) is 0 Å². The molecule has 1 aliphatic rings. The van der Waals surface area contributed by atoms with Gasteiger partial charge in [-0.05, 0) is 36.5 Å². The molecule has 0 heterocycles. The van der Waals surface area contributed by atoms with Crippen LogP contribution < -0.4 is 5.32 Å². The lowest BCUT2D eigenvalue weighted by Gasteiger charge is -2.26. The Morgan fingerprint density at radius 1 is 1.29 bits per heavy atom. The zero-order valence-electron chi connectivity index (χ0n) is 11.5. The predicted molar refractivity (Wildman–Crippen MR) is 77.8 cm³/mol. The van der Waals surface area contributed by atoms with E-state index in [4.69, 9.17) is 16.7 Å². The molecule has 1 aromatic rings. The Morgan fingerprint density at radius 2 is 1.95 bits per heavy atom. The van der Waals surface area contributed by atoms with Gasteiger partial charge in [-0.25, -0.2) is 4.39 Å². The normalized spacial score (nSPS) is 16.7. The van der Waals surface area contributed by atoms with Crippen LogP contribution in [0.5, 0.6) is 0 Å². The number of amides is 1. The largest absolute Gasteiger partial charge is 0.481 e. The number of hydrogen-bond acceptors (Lipinski definition) is 2. The number of aliphatic carboxylic acids is 1. The van der Waals surface area contributed by atoms with Crippen molar-refractivity contribution in [2.24, 2.45) is 5.41 Å². The molecule has 4 nitrogen and oxygen atoms in total. The van der Waals surface area contributed by atoms with Crippen LogP contribution in [-0.2, 0) is 9.59 Å². The molecule has 0 saturated heterocycles. The molecule has 0 aromatic heterocycles. The van der Waals surface area contributed by atoms with E-state index in [1.807, 2.05) is 0 Å². The number of hydrogen-bond donors (Lipinski definition) is 2. The second-order valence-corrected chi connectivity index (χ2v) is 6.04. The van der Waals surface area contributed by atoms with Crippen molar-refractivity contribution in [2.45, 2.75) is 38.5 Å². The Morgan fingerprint density at radius 3 is 2.52 bits per heavy atom. The van der Waals surface area contributed by atoms with Crippen LogP contribution in [0.1, 0.15) is 38.5 Å². The van der Waals surface area contributed by atoms with Crippen LogP contribution in [0.25, 0.3) is 0 Å². The highest BCUT2D eigenvalue weighted by Crippen LogP contribution is 2.44. The monoisotopic (exact) mass is 313 g/mol. The Bertz CT molecular complexity index is 556. The van der Waals surface area contributed by atoms with Gasteiger partial charge in [0.1, 0.15) is 5.82 Å². The fourth-order valence-corrected chi connectivity index (χ4v) is 3.10. The second-order valence-electron chi connectivity index (χ2n) is 5.63. The zero-order chi connectivity index (χ0) is 15.5. The molecule has 2 N–H and O–H groups in total. The summed E-state index contributed by atoms with van der Waals surface area (Å²) in [5.41, 5.74) is -0.147. The van der Waals surface area contributed by atoms with E-state index in [1.54, 1.807) is 0 Å². The lowest BCUT2D eigenvalue weighted by molar-refractivity contribution is -0.140. The van der Waals surface area contributed by atoms with Crippen molar-refractivity contribution in [3.63, 3.8) is 0 Å². The second kappa shape index (κ2) is 6.43. The Kier molecular flexibility index (Phi) is 4.83. The summed E-state index contributed by atoms with van der Waals surface area (Å²) in [5, 5.41) is 11.6. The van der Waals surface area contributed by atoms with E-state index in [0.717, 1.165) is 31.7 Å². The molecule has 1 aliphatic carbocycles. The molecule has 1 fully saturated rings. The number of nitrogens with one attached hydrogen (secondary N) is 1. The molecule has 0 aliphatic heterocycles. The quantitative estimate of drug-likeness (QED) is 0.868. The predicted octanol–water partition coefficient (Wildman–Crippen LogP) is 3.84. The van der Waals surface area contributed by atoms with Gasteiger partial charge in [0.15, 0.2) is 0 Å². The first-order chi connectivity index (χ1) is 9.90. The Hall–Kier alpha value is -1.62. The number of rotatable bonds is 5. The van der Waals surface area contributed by atoms with Crippen molar-refractivity contribution in [3.8, 4) is 0 Å². The highest BCUT2D eigenvalue weighted by atomic mass is 35.5. The molecule has 1 amide bonds. The third-order valence-corrected chi connectivity index (χ3v) is 4.24. The molecule has 0 unspecified atom stereocenters. The third kappa shape index (κ3) is 4.17. The molecule has 0 radical (unpaired) electrons. The summed E-state index contributed by atoms with van der Waals surface area (Å²) < 4.78 is 13.3. The van der Waals surface area contributed by atoms with Crippen molar-refractivity contribution in [3.05, 3.63) is 29.0 Å². The lowest BCUT2D eigenvalue weighted by Crippen LogP contribution is -2.27. The average Bonchev–Trinajstić information content (AvgIpc) is 2.80. The van der Waals surface area contributed by atoms with Crippen LogP contribution >= 0.6 is 11.6 Å². The molecule has 21 heavy (non-hydrogen) atoms. The molecule has 2 rings (SSSR count). The van der Waals surface area contributed by atoms with Crippen molar-refractivity contribution in [1.82, 2.24) is 0 Å². The first-order valence-electron chi connectivity index (χ1n) is 6.87. The molecule has 114 valence electrons. The van der Waals surface area contributed by atoms with Gasteiger partial charge >= 0.3 is 5.97 Å². The van der Waals surface area contributed by atoms with Gasteiger partial charge in [-0.3, -0.25) is 9.59 Å². The third-order valence-electron chi connectivity index (χ3n) is 3.93. The van der Waals surface area contributed by atoms with E-state index < -0.39 is 17.2 Å². The molecule has 1 aromatic carbocycles. The lowest BCUT2D eigenvalue weighted by atomic mass is 9.79. The van der Waals surface area contributed by atoms with Gasteiger partial charge < -0.3 is 10.4 Å². The van der Waals surface area contributed by atoms with E-state index in [-0.39, 0.29) is 23.8 Å². The van der Waals surface area contributed by atoms with Crippen LogP contribution in [-0.4, -0.2) is 17.0 Å².